The lowest BCUT2D eigenvalue weighted by atomic mass is 10.1. The number of aromatic carboxylic acids is 1. The van der Waals surface area contributed by atoms with Gasteiger partial charge >= 0.3 is 5.97 Å². The van der Waals surface area contributed by atoms with Crippen LogP contribution in [0.2, 0.25) is 0 Å². The summed E-state index contributed by atoms with van der Waals surface area (Å²) in [6, 6.07) is 7.13. The Morgan fingerprint density at radius 2 is 2.29 bits per heavy atom. The number of rotatable bonds is 4. The van der Waals surface area contributed by atoms with Crippen LogP contribution in [0.25, 0.3) is 0 Å². The second kappa shape index (κ2) is 5.05. The van der Waals surface area contributed by atoms with Gasteiger partial charge in [0.15, 0.2) is 0 Å². The molecule has 3 heteroatoms. The second-order valence-electron chi connectivity index (χ2n) is 3.26. The van der Waals surface area contributed by atoms with E-state index in [-0.39, 0.29) is 0 Å². The van der Waals surface area contributed by atoms with E-state index in [1.165, 1.54) is 0 Å². The summed E-state index contributed by atoms with van der Waals surface area (Å²) in [6.07, 6.45) is 2.98. The van der Waals surface area contributed by atoms with Crippen LogP contribution < -0.4 is 0 Å². The molecule has 0 aliphatic carbocycles. The van der Waals surface area contributed by atoms with Crippen molar-refractivity contribution in [1.82, 2.24) is 0 Å². The molecule has 1 rings (SSSR count). The SMILES string of the molecule is CSC(C)Cc1cccc(C(=O)O)c1. The predicted octanol–water partition coefficient (Wildman–Crippen LogP) is 2.68. The fourth-order valence-corrected chi connectivity index (χ4v) is 1.61. The van der Waals surface area contributed by atoms with E-state index in [9.17, 15) is 4.79 Å². The summed E-state index contributed by atoms with van der Waals surface area (Å²) in [5.41, 5.74) is 1.46. The van der Waals surface area contributed by atoms with Crippen LogP contribution in [-0.4, -0.2) is 22.6 Å². The average Bonchev–Trinajstić information content (AvgIpc) is 2.18. The molecule has 0 fully saturated rings. The van der Waals surface area contributed by atoms with E-state index in [4.69, 9.17) is 5.11 Å². The van der Waals surface area contributed by atoms with Crippen LogP contribution in [-0.2, 0) is 6.42 Å². The summed E-state index contributed by atoms with van der Waals surface area (Å²) in [7, 11) is 0. The van der Waals surface area contributed by atoms with Crippen LogP contribution in [0.1, 0.15) is 22.8 Å². The highest BCUT2D eigenvalue weighted by Crippen LogP contribution is 2.14. The van der Waals surface area contributed by atoms with Crippen LogP contribution in [0.5, 0.6) is 0 Å². The molecule has 76 valence electrons. The van der Waals surface area contributed by atoms with Gasteiger partial charge in [-0.05, 0) is 30.4 Å². The Hall–Kier alpha value is -0.960. The molecule has 1 aromatic carbocycles. The van der Waals surface area contributed by atoms with Crippen molar-refractivity contribution in [3.8, 4) is 0 Å². The van der Waals surface area contributed by atoms with E-state index in [1.807, 2.05) is 6.07 Å². The van der Waals surface area contributed by atoms with Gasteiger partial charge in [0.05, 0.1) is 5.56 Å². The number of thioether (sulfide) groups is 1. The molecule has 0 amide bonds. The summed E-state index contributed by atoms with van der Waals surface area (Å²) >= 11 is 1.79. The molecule has 0 aliphatic heterocycles. The first-order chi connectivity index (χ1) is 6.63. The molecule has 0 radical (unpaired) electrons. The molecule has 1 unspecified atom stereocenters. The predicted molar refractivity (Wildman–Crippen MR) is 60.1 cm³/mol. The van der Waals surface area contributed by atoms with Crippen LogP contribution in [0.3, 0.4) is 0 Å². The number of benzene rings is 1. The van der Waals surface area contributed by atoms with Crippen molar-refractivity contribution < 1.29 is 9.90 Å². The fraction of sp³-hybridized carbons (Fsp3) is 0.364. The minimum absolute atomic E-state index is 0.371. The van der Waals surface area contributed by atoms with Gasteiger partial charge in [-0.25, -0.2) is 4.79 Å². The molecule has 2 nitrogen and oxygen atoms in total. The van der Waals surface area contributed by atoms with Gasteiger partial charge in [0.2, 0.25) is 0 Å². The normalized spacial score (nSPS) is 12.4. The standard InChI is InChI=1S/C11H14O2S/c1-8(14-2)6-9-4-3-5-10(7-9)11(12)13/h3-5,7-8H,6H2,1-2H3,(H,12,13). The second-order valence-corrected chi connectivity index (χ2v) is 4.53. The molecule has 0 saturated carbocycles. The summed E-state index contributed by atoms with van der Waals surface area (Å²) < 4.78 is 0. The first-order valence-corrected chi connectivity index (χ1v) is 5.77. The van der Waals surface area contributed by atoms with Crippen molar-refractivity contribution in [2.24, 2.45) is 0 Å². The Kier molecular flexibility index (Phi) is 4.01. The van der Waals surface area contributed by atoms with Crippen molar-refractivity contribution in [3.05, 3.63) is 35.4 Å². The van der Waals surface area contributed by atoms with Crippen molar-refractivity contribution in [2.75, 3.05) is 6.26 Å². The van der Waals surface area contributed by atoms with E-state index < -0.39 is 5.97 Å². The Labute approximate surface area is 88.3 Å². The van der Waals surface area contributed by atoms with Gasteiger partial charge in [0.25, 0.3) is 0 Å². The van der Waals surface area contributed by atoms with Crippen molar-refractivity contribution >= 4 is 17.7 Å². The number of carbonyl (C=O) groups is 1. The Bertz CT molecular complexity index is 323. The molecule has 1 N–H and O–H groups in total. The monoisotopic (exact) mass is 210 g/mol. The Balaban J connectivity index is 2.78. The number of carboxylic acids is 1. The smallest absolute Gasteiger partial charge is 0.335 e. The van der Waals surface area contributed by atoms with Gasteiger partial charge in [-0.1, -0.05) is 19.1 Å². The third-order valence-electron chi connectivity index (χ3n) is 2.10. The maximum Gasteiger partial charge on any atom is 0.335 e. The molecule has 0 heterocycles. The highest BCUT2D eigenvalue weighted by molar-refractivity contribution is 7.99. The zero-order valence-electron chi connectivity index (χ0n) is 8.36. The van der Waals surface area contributed by atoms with Gasteiger partial charge in [-0.3, -0.25) is 0 Å². The Morgan fingerprint density at radius 3 is 2.86 bits per heavy atom. The van der Waals surface area contributed by atoms with E-state index in [0.29, 0.717) is 10.8 Å². The van der Waals surface area contributed by atoms with Gasteiger partial charge in [0, 0.05) is 5.25 Å². The molecule has 0 aliphatic rings. The van der Waals surface area contributed by atoms with E-state index >= 15 is 0 Å². The van der Waals surface area contributed by atoms with Gasteiger partial charge < -0.3 is 5.11 Å². The third-order valence-corrected chi connectivity index (χ3v) is 3.07. The average molecular weight is 210 g/mol. The summed E-state index contributed by atoms with van der Waals surface area (Å²) in [5, 5.41) is 9.32. The highest BCUT2D eigenvalue weighted by atomic mass is 32.2. The topological polar surface area (TPSA) is 37.3 Å². The lowest BCUT2D eigenvalue weighted by Crippen LogP contribution is -2.02. The minimum Gasteiger partial charge on any atom is -0.478 e. The van der Waals surface area contributed by atoms with Crippen molar-refractivity contribution in [1.29, 1.82) is 0 Å². The van der Waals surface area contributed by atoms with E-state index in [2.05, 4.69) is 13.2 Å². The quantitative estimate of drug-likeness (QED) is 0.830. The van der Waals surface area contributed by atoms with E-state index in [1.54, 1.807) is 30.0 Å². The maximum atomic E-state index is 10.7. The molecule has 1 atom stereocenters. The van der Waals surface area contributed by atoms with Gasteiger partial charge in [-0.2, -0.15) is 11.8 Å². The summed E-state index contributed by atoms with van der Waals surface area (Å²) in [6.45, 7) is 2.14. The number of carboxylic acid groups (broad SMARTS) is 1. The molecule has 0 saturated heterocycles. The third kappa shape index (κ3) is 3.07. The molecule has 14 heavy (non-hydrogen) atoms. The minimum atomic E-state index is -0.858. The molecule has 0 bridgehead atoms. The molecular formula is C11H14O2S. The van der Waals surface area contributed by atoms with Gasteiger partial charge in [-0.15, -0.1) is 0 Å². The highest BCUT2D eigenvalue weighted by Gasteiger charge is 2.05. The lowest BCUT2D eigenvalue weighted by molar-refractivity contribution is 0.0697. The van der Waals surface area contributed by atoms with Crippen molar-refractivity contribution in [2.45, 2.75) is 18.6 Å². The molecule has 0 spiro atoms. The summed E-state index contributed by atoms with van der Waals surface area (Å²) in [5.74, 6) is -0.858. The molecular weight excluding hydrogens is 196 g/mol. The summed E-state index contributed by atoms with van der Waals surface area (Å²) in [4.78, 5) is 10.7. The number of hydrogen-bond acceptors (Lipinski definition) is 2. The Morgan fingerprint density at radius 1 is 1.57 bits per heavy atom. The zero-order chi connectivity index (χ0) is 10.6. The molecule has 1 aromatic rings. The van der Waals surface area contributed by atoms with Crippen molar-refractivity contribution in [3.63, 3.8) is 0 Å². The zero-order valence-corrected chi connectivity index (χ0v) is 9.17. The number of hydrogen-bond donors (Lipinski definition) is 1. The first-order valence-electron chi connectivity index (χ1n) is 4.48. The van der Waals surface area contributed by atoms with Crippen LogP contribution in [0.15, 0.2) is 24.3 Å². The van der Waals surface area contributed by atoms with Crippen LogP contribution in [0.4, 0.5) is 0 Å². The van der Waals surface area contributed by atoms with Crippen LogP contribution in [0, 0.1) is 0 Å². The maximum absolute atomic E-state index is 10.7. The first kappa shape index (κ1) is 11.1. The van der Waals surface area contributed by atoms with E-state index in [0.717, 1.165) is 12.0 Å². The molecule has 0 aromatic heterocycles. The fourth-order valence-electron chi connectivity index (χ4n) is 1.25. The lowest BCUT2D eigenvalue weighted by Gasteiger charge is -2.08. The largest absolute Gasteiger partial charge is 0.478 e. The van der Waals surface area contributed by atoms with Gasteiger partial charge in [0.1, 0.15) is 0 Å². The van der Waals surface area contributed by atoms with Crippen LogP contribution >= 0.6 is 11.8 Å².